The van der Waals surface area contributed by atoms with Gasteiger partial charge in [-0.25, -0.2) is 0 Å². The average molecular weight is 201 g/mol. The van der Waals surface area contributed by atoms with Gasteiger partial charge in [0.2, 0.25) is 0 Å². The Morgan fingerprint density at radius 1 is 1.50 bits per heavy atom. The Morgan fingerprint density at radius 3 is 2.79 bits per heavy atom. The van der Waals surface area contributed by atoms with E-state index in [0.29, 0.717) is 18.1 Å². The van der Waals surface area contributed by atoms with E-state index in [1.165, 1.54) is 0 Å². The Kier molecular flexibility index (Phi) is 3.07. The first-order valence-electron chi connectivity index (χ1n) is 5.25. The number of ether oxygens (including phenoxy) is 2. The highest BCUT2D eigenvalue weighted by Gasteiger charge is 2.46. The van der Waals surface area contributed by atoms with Gasteiger partial charge in [-0.15, -0.1) is 0 Å². The van der Waals surface area contributed by atoms with Crippen molar-refractivity contribution in [1.82, 2.24) is 4.90 Å². The van der Waals surface area contributed by atoms with Crippen LogP contribution >= 0.6 is 0 Å². The number of hydrogen-bond acceptors (Lipinski definition) is 4. The van der Waals surface area contributed by atoms with E-state index in [0.717, 1.165) is 19.4 Å². The molecule has 1 N–H and O–H groups in total. The Balaban J connectivity index is 1.81. The number of epoxide rings is 1. The fourth-order valence-corrected chi connectivity index (χ4v) is 2.37. The molecule has 0 bridgehead atoms. The molecule has 4 nitrogen and oxygen atoms in total. The Hall–Kier alpha value is -0.160. The summed E-state index contributed by atoms with van der Waals surface area (Å²) >= 11 is 0. The summed E-state index contributed by atoms with van der Waals surface area (Å²) in [4.78, 5) is 2.22. The van der Waals surface area contributed by atoms with Gasteiger partial charge in [-0.3, -0.25) is 0 Å². The molecule has 4 atom stereocenters. The maximum Gasteiger partial charge on any atom is 0.184 e. The third kappa shape index (κ3) is 1.93. The second kappa shape index (κ2) is 4.14. The lowest BCUT2D eigenvalue weighted by atomic mass is 9.91. The second-order valence-corrected chi connectivity index (χ2v) is 4.32. The molecule has 2 fully saturated rings. The fourth-order valence-electron chi connectivity index (χ4n) is 2.37. The van der Waals surface area contributed by atoms with Crippen molar-refractivity contribution in [3.05, 3.63) is 0 Å². The summed E-state index contributed by atoms with van der Waals surface area (Å²) in [6, 6.07) is 0.339. The van der Waals surface area contributed by atoms with Crippen molar-refractivity contribution in [3.8, 4) is 0 Å². The molecule has 0 saturated carbocycles. The second-order valence-electron chi connectivity index (χ2n) is 4.32. The van der Waals surface area contributed by atoms with Crippen molar-refractivity contribution in [2.75, 3.05) is 27.3 Å². The average Bonchev–Trinajstić information content (AvgIpc) is 2.96. The minimum atomic E-state index is 0.0269. The van der Waals surface area contributed by atoms with E-state index in [-0.39, 0.29) is 12.9 Å². The molecule has 2 saturated heterocycles. The number of aliphatic hydroxyl groups excluding tert-OH is 1. The molecule has 2 heterocycles. The van der Waals surface area contributed by atoms with Crippen molar-refractivity contribution in [2.24, 2.45) is 5.92 Å². The zero-order valence-electron chi connectivity index (χ0n) is 8.85. The van der Waals surface area contributed by atoms with Crippen LogP contribution in [0.3, 0.4) is 0 Å². The number of aliphatic hydroxyl groups is 1. The predicted molar refractivity (Wildman–Crippen MR) is 51.9 cm³/mol. The predicted octanol–water partition coefficient (Wildman–Crippen LogP) is 0.0604. The molecule has 0 aromatic carbocycles. The summed E-state index contributed by atoms with van der Waals surface area (Å²) in [5.74, 6) is 0.577. The number of nitrogens with zero attached hydrogens (tertiary/aromatic N) is 1. The third-order valence-electron chi connectivity index (χ3n) is 3.41. The van der Waals surface area contributed by atoms with Gasteiger partial charge in [0, 0.05) is 25.6 Å². The molecule has 2 aliphatic rings. The summed E-state index contributed by atoms with van der Waals surface area (Å²) < 4.78 is 10.5. The smallest absolute Gasteiger partial charge is 0.184 e. The zero-order valence-corrected chi connectivity index (χ0v) is 8.85. The lowest BCUT2D eigenvalue weighted by Gasteiger charge is -2.35. The quantitative estimate of drug-likeness (QED) is 0.656. The molecule has 0 aromatic heterocycles. The third-order valence-corrected chi connectivity index (χ3v) is 3.41. The minimum absolute atomic E-state index is 0.0269. The van der Waals surface area contributed by atoms with Gasteiger partial charge in [0.25, 0.3) is 0 Å². The molecule has 3 unspecified atom stereocenters. The van der Waals surface area contributed by atoms with E-state index in [2.05, 4.69) is 11.9 Å². The SMILES string of the molecule is COC1OC1[C@@H]1CCC(CO)N(C)C1. The van der Waals surface area contributed by atoms with Gasteiger partial charge in [0.1, 0.15) is 6.10 Å². The molecule has 0 amide bonds. The van der Waals surface area contributed by atoms with Crippen LogP contribution in [0, 0.1) is 5.92 Å². The van der Waals surface area contributed by atoms with Gasteiger partial charge in [-0.2, -0.15) is 0 Å². The van der Waals surface area contributed by atoms with Gasteiger partial charge in [0.15, 0.2) is 6.29 Å². The van der Waals surface area contributed by atoms with Crippen LogP contribution in [-0.4, -0.2) is 55.8 Å². The summed E-state index contributed by atoms with van der Waals surface area (Å²) in [5.41, 5.74) is 0. The molecule has 0 spiro atoms. The van der Waals surface area contributed by atoms with Crippen LogP contribution in [0.2, 0.25) is 0 Å². The van der Waals surface area contributed by atoms with E-state index < -0.39 is 0 Å². The standard InChI is InChI=1S/C10H19NO3/c1-11-5-7(3-4-8(11)6-12)9-10(13-2)14-9/h7-10,12H,3-6H2,1-2H3/t7-,8?,9?,10?/m1/s1. The molecular weight excluding hydrogens is 182 g/mol. The molecule has 14 heavy (non-hydrogen) atoms. The summed E-state index contributed by atoms with van der Waals surface area (Å²) in [6.45, 7) is 1.28. The van der Waals surface area contributed by atoms with Gasteiger partial charge in [0.05, 0.1) is 6.61 Å². The van der Waals surface area contributed by atoms with E-state index in [1.807, 2.05) is 0 Å². The first-order valence-corrected chi connectivity index (χ1v) is 5.25. The number of likely N-dealkylation sites (tertiary alicyclic amines) is 1. The van der Waals surface area contributed by atoms with Gasteiger partial charge >= 0.3 is 0 Å². The van der Waals surface area contributed by atoms with Crippen LogP contribution in [0.15, 0.2) is 0 Å². The molecule has 2 rings (SSSR count). The van der Waals surface area contributed by atoms with Crippen molar-refractivity contribution in [3.63, 3.8) is 0 Å². The molecule has 0 radical (unpaired) electrons. The molecule has 0 aliphatic carbocycles. The molecule has 2 aliphatic heterocycles. The summed E-state index contributed by atoms with van der Waals surface area (Å²) in [6.07, 6.45) is 2.52. The van der Waals surface area contributed by atoms with Crippen LogP contribution in [0.4, 0.5) is 0 Å². The molecular formula is C10H19NO3. The first kappa shape index (κ1) is 10.4. The van der Waals surface area contributed by atoms with E-state index >= 15 is 0 Å². The highest BCUT2D eigenvalue weighted by atomic mass is 16.8. The molecule has 82 valence electrons. The van der Waals surface area contributed by atoms with Crippen LogP contribution < -0.4 is 0 Å². The maximum atomic E-state index is 9.10. The van der Waals surface area contributed by atoms with Crippen molar-refractivity contribution >= 4 is 0 Å². The van der Waals surface area contributed by atoms with Crippen molar-refractivity contribution in [2.45, 2.75) is 31.3 Å². The number of methoxy groups -OCH3 is 1. The maximum absolute atomic E-state index is 9.10. The van der Waals surface area contributed by atoms with Gasteiger partial charge < -0.3 is 19.5 Å². The van der Waals surface area contributed by atoms with E-state index in [9.17, 15) is 0 Å². The fraction of sp³-hybridized carbons (Fsp3) is 1.00. The molecule has 4 heteroatoms. The zero-order chi connectivity index (χ0) is 10.1. The van der Waals surface area contributed by atoms with Crippen LogP contribution in [0.5, 0.6) is 0 Å². The first-order chi connectivity index (χ1) is 6.76. The molecule has 0 aromatic rings. The number of piperidine rings is 1. The van der Waals surface area contributed by atoms with Gasteiger partial charge in [-0.1, -0.05) is 0 Å². The lowest BCUT2D eigenvalue weighted by Crippen LogP contribution is -2.44. The topological polar surface area (TPSA) is 45.2 Å². The van der Waals surface area contributed by atoms with Crippen molar-refractivity contribution in [1.29, 1.82) is 0 Å². The van der Waals surface area contributed by atoms with Crippen LogP contribution in [0.1, 0.15) is 12.8 Å². The van der Waals surface area contributed by atoms with Crippen LogP contribution in [0.25, 0.3) is 0 Å². The van der Waals surface area contributed by atoms with E-state index in [4.69, 9.17) is 14.6 Å². The minimum Gasteiger partial charge on any atom is -0.395 e. The number of hydrogen-bond donors (Lipinski definition) is 1. The highest BCUT2D eigenvalue weighted by Crippen LogP contribution is 2.36. The van der Waals surface area contributed by atoms with Crippen LogP contribution in [-0.2, 0) is 9.47 Å². The highest BCUT2D eigenvalue weighted by molar-refractivity contribution is 4.90. The Morgan fingerprint density at radius 2 is 2.29 bits per heavy atom. The largest absolute Gasteiger partial charge is 0.395 e. The monoisotopic (exact) mass is 201 g/mol. The number of rotatable bonds is 3. The van der Waals surface area contributed by atoms with Gasteiger partial charge in [-0.05, 0) is 19.9 Å². The Bertz CT molecular complexity index is 200. The van der Waals surface area contributed by atoms with E-state index in [1.54, 1.807) is 7.11 Å². The number of likely N-dealkylation sites (N-methyl/N-ethyl adjacent to an activating group) is 1. The summed E-state index contributed by atoms with van der Waals surface area (Å²) in [5, 5.41) is 9.10. The van der Waals surface area contributed by atoms with Crippen molar-refractivity contribution < 1.29 is 14.6 Å². The summed E-state index contributed by atoms with van der Waals surface area (Å²) in [7, 11) is 3.75. The lowest BCUT2D eigenvalue weighted by molar-refractivity contribution is 0.0757. The Labute approximate surface area is 84.8 Å². The normalized spacial score (nSPS) is 43.9.